The summed E-state index contributed by atoms with van der Waals surface area (Å²) in [5.74, 6) is 0. The number of nitrogens with zero attached hydrogens (tertiary/aromatic N) is 3. The molecule has 1 N–H and O–H groups in total. The summed E-state index contributed by atoms with van der Waals surface area (Å²) < 4.78 is 2.44. The maximum atomic E-state index is 6.19. The number of rotatable bonds is 23. The zero-order valence-corrected chi connectivity index (χ0v) is 26.6. The van der Waals surface area contributed by atoms with Crippen molar-refractivity contribution in [1.29, 1.82) is 5.41 Å². The topological polar surface area (TPSA) is 44.4 Å². The Labute approximate surface area is 248 Å². The van der Waals surface area contributed by atoms with Gasteiger partial charge in [-0.15, -0.1) is 12.4 Å². The second-order valence-electron chi connectivity index (χ2n) is 10.8. The SMILES string of the molecule is CCCCCCCCCCN(CCCCCCCCCC)CCCn1ccc2ccccc21.CCN=C=N.Cl. The highest BCUT2D eigenvalue weighted by Gasteiger charge is 2.06. The van der Waals surface area contributed by atoms with E-state index in [0.29, 0.717) is 6.54 Å². The number of halogens is 1. The van der Waals surface area contributed by atoms with Crippen molar-refractivity contribution in [1.82, 2.24) is 9.47 Å². The lowest BCUT2D eigenvalue weighted by atomic mass is 10.1. The molecular weight excluding hydrogens is 500 g/mol. The van der Waals surface area contributed by atoms with Gasteiger partial charge in [0.05, 0.1) is 6.01 Å². The molecule has 2 aromatic rings. The number of aryl methyl sites for hydroxylation is 1. The van der Waals surface area contributed by atoms with Crippen LogP contribution in [0.15, 0.2) is 41.5 Å². The number of nitrogens with one attached hydrogen (secondary N) is 1. The van der Waals surface area contributed by atoms with Crippen LogP contribution in [0.1, 0.15) is 130 Å². The second-order valence-corrected chi connectivity index (χ2v) is 10.8. The van der Waals surface area contributed by atoms with Gasteiger partial charge in [0.1, 0.15) is 0 Å². The number of fused-ring (bicyclic) bond motifs is 1. The Kier molecular flexibility index (Phi) is 26.8. The van der Waals surface area contributed by atoms with E-state index in [-0.39, 0.29) is 12.4 Å². The van der Waals surface area contributed by atoms with Gasteiger partial charge in [-0.05, 0) is 63.3 Å². The van der Waals surface area contributed by atoms with E-state index in [0.717, 1.165) is 6.54 Å². The molecule has 0 spiro atoms. The molecule has 0 saturated carbocycles. The number of aliphatic imine (C=N–C) groups is 1. The summed E-state index contributed by atoms with van der Waals surface area (Å²) in [6.07, 6.45) is 26.2. The first-order valence-corrected chi connectivity index (χ1v) is 16.1. The Hall–Kier alpha value is -1.61. The lowest BCUT2D eigenvalue weighted by Gasteiger charge is -2.22. The van der Waals surface area contributed by atoms with Gasteiger partial charge in [0.25, 0.3) is 0 Å². The van der Waals surface area contributed by atoms with E-state index < -0.39 is 0 Å². The van der Waals surface area contributed by atoms with E-state index in [1.807, 2.05) is 12.9 Å². The fourth-order valence-corrected chi connectivity index (χ4v) is 5.15. The predicted octanol–water partition coefficient (Wildman–Crippen LogP) is 10.8. The van der Waals surface area contributed by atoms with Crippen molar-refractivity contribution in [2.75, 3.05) is 26.2 Å². The molecule has 2 rings (SSSR count). The molecule has 4 nitrogen and oxygen atoms in total. The van der Waals surface area contributed by atoms with Gasteiger partial charge in [0.15, 0.2) is 0 Å². The molecule has 0 atom stereocenters. The van der Waals surface area contributed by atoms with E-state index in [2.05, 4.69) is 64.8 Å². The van der Waals surface area contributed by atoms with E-state index >= 15 is 0 Å². The van der Waals surface area contributed by atoms with Gasteiger partial charge in [-0.25, -0.2) is 10.4 Å². The molecule has 0 aliphatic carbocycles. The molecule has 0 fully saturated rings. The summed E-state index contributed by atoms with van der Waals surface area (Å²) in [5.41, 5.74) is 1.38. The summed E-state index contributed by atoms with van der Waals surface area (Å²) in [5, 5.41) is 7.55. The third-order valence-corrected chi connectivity index (χ3v) is 7.45. The minimum absolute atomic E-state index is 0. The summed E-state index contributed by atoms with van der Waals surface area (Å²) in [6, 6.07) is 12.9. The van der Waals surface area contributed by atoms with Crippen LogP contribution in [-0.2, 0) is 6.54 Å². The minimum atomic E-state index is 0. The fraction of sp³-hybridized carbons (Fsp3) is 0.735. The molecule has 0 aliphatic rings. The van der Waals surface area contributed by atoms with Gasteiger partial charge in [0, 0.05) is 24.8 Å². The summed E-state index contributed by atoms with van der Waals surface area (Å²) in [7, 11) is 0. The van der Waals surface area contributed by atoms with Crippen LogP contribution in [0.2, 0.25) is 0 Å². The van der Waals surface area contributed by atoms with Crippen LogP contribution in [0, 0.1) is 5.41 Å². The van der Waals surface area contributed by atoms with Gasteiger partial charge in [-0.2, -0.15) is 0 Å². The molecule has 0 radical (unpaired) electrons. The Balaban J connectivity index is 0.00000220. The Bertz CT molecular complexity index is 807. The van der Waals surface area contributed by atoms with Crippen LogP contribution in [0.5, 0.6) is 0 Å². The molecule has 0 saturated heterocycles. The van der Waals surface area contributed by atoms with Crippen molar-refractivity contribution in [3.8, 4) is 0 Å². The number of benzene rings is 1. The van der Waals surface area contributed by atoms with Crippen LogP contribution in [0.3, 0.4) is 0 Å². The van der Waals surface area contributed by atoms with Crippen molar-refractivity contribution >= 4 is 29.3 Å². The molecule has 0 bridgehead atoms. The zero-order valence-electron chi connectivity index (χ0n) is 25.8. The first-order chi connectivity index (χ1) is 18.8. The molecule has 0 unspecified atom stereocenters. The number of unbranched alkanes of at least 4 members (excludes halogenated alkanes) is 14. The molecular formula is C34H61ClN4. The summed E-state index contributed by atoms with van der Waals surface area (Å²) in [6.45, 7) is 12.1. The fourth-order valence-electron chi connectivity index (χ4n) is 5.15. The quantitative estimate of drug-likeness (QED) is 0.106. The number of hydrogen-bond acceptors (Lipinski definition) is 3. The van der Waals surface area contributed by atoms with Crippen molar-refractivity contribution in [2.45, 2.75) is 136 Å². The van der Waals surface area contributed by atoms with E-state index in [1.54, 1.807) is 0 Å². The van der Waals surface area contributed by atoms with Crippen LogP contribution < -0.4 is 0 Å². The first kappa shape index (κ1) is 37.4. The minimum Gasteiger partial charge on any atom is -0.347 e. The van der Waals surface area contributed by atoms with Crippen molar-refractivity contribution < 1.29 is 0 Å². The third kappa shape index (κ3) is 20.0. The van der Waals surface area contributed by atoms with Crippen molar-refractivity contribution in [2.24, 2.45) is 4.99 Å². The second kappa shape index (κ2) is 27.9. The molecule has 0 amide bonds. The Morgan fingerprint density at radius 1 is 0.667 bits per heavy atom. The van der Waals surface area contributed by atoms with E-state index in [1.165, 1.54) is 140 Å². The van der Waals surface area contributed by atoms with Gasteiger partial charge in [0.2, 0.25) is 0 Å². The van der Waals surface area contributed by atoms with Gasteiger partial charge < -0.3 is 9.47 Å². The zero-order chi connectivity index (χ0) is 27.5. The number of aromatic nitrogens is 1. The summed E-state index contributed by atoms with van der Waals surface area (Å²) in [4.78, 5) is 6.17. The maximum Gasteiger partial charge on any atom is 0.0861 e. The van der Waals surface area contributed by atoms with Gasteiger partial charge >= 0.3 is 0 Å². The van der Waals surface area contributed by atoms with E-state index in [9.17, 15) is 0 Å². The van der Waals surface area contributed by atoms with Gasteiger partial charge in [-0.3, -0.25) is 0 Å². The molecule has 1 aromatic carbocycles. The van der Waals surface area contributed by atoms with Crippen LogP contribution >= 0.6 is 12.4 Å². The molecule has 1 aromatic heterocycles. The molecule has 224 valence electrons. The Morgan fingerprint density at radius 2 is 1.15 bits per heavy atom. The van der Waals surface area contributed by atoms with Crippen LogP contribution in [-0.4, -0.2) is 41.7 Å². The highest BCUT2D eigenvalue weighted by Crippen LogP contribution is 2.16. The van der Waals surface area contributed by atoms with Crippen molar-refractivity contribution in [3.63, 3.8) is 0 Å². The highest BCUT2D eigenvalue weighted by molar-refractivity contribution is 5.85. The molecule has 5 heteroatoms. The third-order valence-electron chi connectivity index (χ3n) is 7.45. The maximum absolute atomic E-state index is 6.19. The van der Waals surface area contributed by atoms with Crippen LogP contribution in [0.25, 0.3) is 10.9 Å². The predicted molar refractivity (Wildman–Crippen MR) is 176 cm³/mol. The van der Waals surface area contributed by atoms with Crippen molar-refractivity contribution in [3.05, 3.63) is 36.5 Å². The number of hydrogen-bond donors (Lipinski definition) is 1. The largest absolute Gasteiger partial charge is 0.347 e. The lowest BCUT2D eigenvalue weighted by Crippen LogP contribution is -2.28. The number of para-hydroxylation sites is 1. The smallest absolute Gasteiger partial charge is 0.0861 e. The summed E-state index contributed by atoms with van der Waals surface area (Å²) >= 11 is 0. The normalized spacial score (nSPS) is 10.7. The Morgan fingerprint density at radius 3 is 1.64 bits per heavy atom. The average Bonchev–Trinajstić information content (AvgIpc) is 3.35. The molecule has 39 heavy (non-hydrogen) atoms. The highest BCUT2D eigenvalue weighted by atomic mass is 35.5. The molecule has 0 aliphatic heterocycles. The average molecular weight is 561 g/mol. The molecule has 1 heterocycles. The monoisotopic (exact) mass is 560 g/mol. The van der Waals surface area contributed by atoms with E-state index in [4.69, 9.17) is 5.41 Å². The standard InChI is InChI=1S/C31H54N2.C3H6N2.ClH/c1-3-5-7-9-11-13-15-19-25-32(26-20-16-14-12-10-8-6-4-2)27-21-28-33-29-24-30-22-17-18-23-31(30)33;1-2-5-3-4;/h17-18,22-24,29H,3-16,19-21,25-28H2,1-2H3;4H,2H2,1H3;1H. The van der Waals surface area contributed by atoms with Crippen LogP contribution in [0.4, 0.5) is 0 Å². The van der Waals surface area contributed by atoms with Gasteiger partial charge in [-0.1, -0.05) is 122 Å². The lowest BCUT2D eigenvalue weighted by molar-refractivity contribution is 0.253. The first-order valence-electron chi connectivity index (χ1n) is 16.1.